The summed E-state index contributed by atoms with van der Waals surface area (Å²) in [4.78, 5) is 23.4. The first kappa shape index (κ1) is 18.4. The molecule has 0 radical (unpaired) electrons. The molecule has 0 saturated heterocycles. The lowest BCUT2D eigenvalue weighted by atomic mass is 10.1. The van der Waals surface area contributed by atoms with Gasteiger partial charge in [0, 0.05) is 11.3 Å². The SMILES string of the molecule is CCOC(=O)Cn1nc(C)c(C=C(C#N)C(=O)OC(C)C)c1C. The zero-order valence-corrected chi connectivity index (χ0v) is 14.0. The van der Waals surface area contributed by atoms with Crippen LogP contribution < -0.4 is 0 Å². The van der Waals surface area contributed by atoms with Gasteiger partial charge in [0.2, 0.25) is 0 Å². The number of nitriles is 1. The maximum absolute atomic E-state index is 11.9. The Morgan fingerprint density at radius 1 is 1.39 bits per heavy atom. The molecule has 0 atom stereocenters. The number of nitrogens with zero attached hydrogens (tertiary/aromatic N) is 3. The van der Waals surface area contributed by atoms with E-state index in [4.69, 9.17) is 14.7 Å². The normalized spacial score (nSPS) is 11.3. The van der Waals surface area contributed by atoms with Crippen molar-refractivity contribution in [3.8, 4) is 6.07 Å². The van der Waals surface area contributed by atoms with E-state index in [2.05, 4.69) is 5.10 Å². The molecule has 0 aliphatic carbocycles. The summed E-state index contributed by atoms with van der Waals surface area (Å²) in [6, 6.07) is 1.84. The van der Waals surface area contributed by atoms with Gasteiger partial charge in [-0.3, -0.25) is 9.48 Å². The Balaban J connectivity index is 3.11. The molecule has 0 N–H and O–H groups in total. The van der Waals surface area contributed by atoms with Gasteiger partial charge >= 0.3 is 11.9 Å². The summed E-state index contributed by atoms with van der Waals surface area (Å²) < 4.78 is 11.4. The molecule has 0 aromatic carbocycles. The Bertz CT molecular complexity index is 666. The van der Waals surface area contributed by atoms with E-state index in [0.717, 1.165) is 0 Å². The molecule has 1 aromatic rings. The van der Waals surface area contributed by atoms with Crippen molar-refractivity contribution < 1.29 is 19.1 Å². The van der Waals surface area contributed by atoms with Crippen LogP contribution in [0, 0.1) is 25.2 Å². The number of carbonyl (C=O) groups excluding carboxylic acids is 2. The average molecular weight is 319 g/mol. The lowest BCUT2D eigenvalue weighted by molar-refractivity contribution is -0.144. The van der Waals surface area contributed by atoms with Crippen LogP contribution in [0.25, 0.3) is 6.08 Å². The van der Waals surface area contributed by atoms with Crippen LogP contribution in [0.15, 0.2) is 5.57 Å². The van der Waals surface area contributed by atoms with Gasteiger partial charge in [0.05, 0.1) is 18.4 Å². The van der Waals surface area contributed by atoms with Crippen LogP contribution in [-0.4, -0.2) is 34.4 Å². The van der Waals surface area contributed by atoms with Gasteiger partial charge in [-0.25, -0.2) is 4.79 Å². The van der Waals surface area contributed by atoms with Crippen LogP contribution in [0.1, 0.15) is 37.7 Å². The topological polar surface area (TPSA) is 94.2 Å². The third-order valence-corrected chi connectivity index (χ3v) is 2.99. The number of hydrogen-bond acceptors (Lipinski definition) is 6. The van der Waals surface area contributed by atoms with Crippen LogP contribution in [0.5, 0.6) is 0 Å². The molecule has 0 saturated carbocycles. The maximum atomic E-state index is 11.9. The molecule has 0 bridgehead atoms. The summed E-state index contributed by atoms with van der Waals surface area (Å²) in [5.41, 5.74) is 1.78. The maximum Gasteiger partial charge on any atom is 0.349 e. The van der Waals surface area contributed by atoms with Crippen LogP contribution in [0.4, 0.5) is 0 Å². The second-order valence-electron chi connectivity index (χ2n) is 5.17. The molecule has 124 valence electrons. The predicted octanol–water partition coefficient (Wildman–Crippen LogP) is 1.92. The Hall–Kier alpha value is -2.62. The number of esters is 2. The molecule has 1 rings (SSSR count). The van der Waals surface area contributed by atoms with Crippen molar-refractivity contribution in [2.45, 2.75) is 47.3 Å². The molecule has 0 spiro atoms. The van der Waals surface area contributed by atoms with Crippen LogP contribution in [-0.2, 0) is 25.6 Å². The molecule has 0 unspecified atom stereocenters. The molecule has 23 heavy (non-hydrogen) atoms. The molecule has 0 aliphatic rings. The highest BCUT2D eigenvalue weighted by Crippen LogP contribution is 2.18. The van der Waals surface area contributed by atoms with Crippen molar-refractivity contribution in [1.82, 2.24) is 9.78 Å². The minimum absolute atomic E-state index is 0.0212. The summed E-state index contributed by atoms with van der Waals surface area (Å²) in [5, 5.41) is 13.4. The quantitative estimate of drug-likeness (QED) is 0.452. The fraction of sp³-hybridized carbons (Fsp3) is 0.500. The smallest absolute Gasteiger partial charge is 0.349 e. The highest BCUT2D eigenvalue weighted by Gasteiger charge is 2.17. The van der Waals surface area contributed by atoms with E-state index in [9.17, 15) is 9.59 Å². The van der Waals surface area contributed by atoms with E-state index in [1.807, 2.05) is 6.07 Å². The standard InChI is InChI=1S/C16H21N3O4/c1-6-22-15(20)9-19-12(5)14(11(4)18-19)7-13(8-17)16(21)23-10(2)3/h7,10H,6,9H2,1-5H3. The third kappa shape index (κ3) is 4.95. The molecule has 0 amide bonds. The van der Waals surface area contributed by atoms with E-state index >= 15 is 0 Å². The van der Waals surface area contributed by atoms with Gasteiger partial charge in [-0.2, -0.15) is 10.4 Å². The average Bonchev–Trinajstić information content (AvgIpc) is 2.70. The van der Waals surface area contributed by atoms with Crippen molar-refractivity contribution in [1.29, 1.82) is 5.26 Å². The van der Waals surface area contributed by atoms with E-state index in [-0.39, 0.29) is 18.2 Å². The van der Waals surface area contributed by atoms with Gasteiger partial charge in [-0.15, -0.1) is 0 Å². The Labute approximate surface area is 135 Å². The summed E-state index contributed by atoms with van der Waals surface area (Å²) in [7, 11) is 0. The van der Waals surface area contributed by atoms with Crippen molar-refractivity contribution in [3.05, 3.63) is 22.5 Å². The first-order chi connectivity index (χ1) is 10.8. The van der Waals surface area contributed by atoms with Gasteiger partial charge in [-0.05, 0) is 40.7 Å². The fourth-order valence-corrected chi connectivity index (χ4v) is 1.96. The van der Waals surface area contributed by atoms with Crippen molar-refractivity contribution in [3.63, 3.8) is 0 Å². The lowest BCUT2D eigenvalue weighted by Gasteiger charge is -2.07. The zero-order valence-electron chi connectivity index (χ0n) is 14.0. The van der Waals surface area contributed by atoms with Crippen molar-refractivity contribution >= 4 is 18.0 Å². The van der Waals surface area contributed by atoms with Crippen LogP contribution >= 0.6 is 0 Å². The van der Waals surface area contributed by atoms with Gasteiger partial charge in [-0.1, -0.05) is 0 Å². The number of rotatable bonds is 6. The largest absolute Gasteiger partial charge is 0.465 e. The third-order valence-electron chi connectivity index (χ3n) is 2.99. The van der Waals surface area contributed by atoms with Crippen molar-refractivity contribution in [2.24, 2.45) is 0 Å². The van der Waals surface area contributed by atoms with E-state index in [0.29, 0.717) is 23.6 Å². The van der Waals surface area contributed by atoms with E-state index in [1.165, 1.54) is 10.8 Å². The summed E-state index contributed by atoms with van der Waals surface area (Å²) in [5.74, 6) is -1.08. The van der Waals surface area contributed by atoms with Gasteiger partial charge in [0.1, 0.15) is 18.2 Å². The first-order valence-corrected chi connectivity index (χ1v) is 7.32. The zero-order chi connectivity index (χ0) is 17.6. The van der Waals surface area contributed by atoms with Gasteiger partial charge in [0.15, 0.2) is 0 Å². The Morgan fingerprint density at radius 3 is 2.57 bits per heavy atom. The molecule has 1 heterocycles. The van der Waals surface area contributed by atoms with E-state index in [1.54, 1.807) is 34.6 Å². The Morgan fingerprint density at radius 2 is 2.04 bits per heavy atom. The molecule has 0 fully saturated rings. The van der Waals surface area contributed by atoms with Crippen molar-refractivity contribution in [2.75, 3.05) is 6.61 Å². The predicted molar refractivity (Wildman–Crippen MR) is 83.2 cm³/mol. The monoisotopic (exact) mass is 319 g/mol. The highest BCUT2D eigenvalue weighted by molar-refractivity contribution is 5.98. The fourth-order valence-electron chi connectivity index (χ4n) is 1.96. The van der Waals surface area contributed by atoms with Crippen LogP contribution in [0.3, 0.4) is 0 Å². The molecule has 7 nitrogen and oxygen atoms in total. The number of carbonyl (C=O) groups is 2. The summed E-state index contributed by atoms with van der Waals surface area (Å²) in [6.45, 7) is 8.92. The lowest BCUT2D eigenvalue weighted by Crippen LogP contribution is -2.15. The minimum Gasteiger partial charge on any atom is -0.465 e. The molecular formula is C16H21N3O4. The second kappa shape index (κ2) is 8.13. The molecule has 1 aromatic heterocycles. The molecule has 7 heteroatoms. The molecular weight excluding hydrogens is 298 g/mol. The van der Waals surface area contributed by atoms with Crippen LogP contribution in [0.2, 0.25) is 0 Å². The first-order valence-electron chi connectivity index (χ1n) is 7.32. The summed E-state index contributed by atoms with van der Waals surface area (Å²) >= 11 is 0. The number of hydrogen-bond donors (Lipinski definition) is 0. The molecule has 0 aliphatic heterocycles. The second-order valence-corrected chi connectivity index (χ2v) is 5.17. The van der Waals surface area contributed by atoms with Gasteiger partial charge < -0.3 is 9.47 Å². The minimum atomic E-state index is -0.681. The van der Waals surface area contributed by atoms with Gasteiger partial charge in [0.25, 0.3) is 0 Å². The number of ether oxygens (including phenoxy) is 2. The Kier molecular flexibility index (Phi) is 6.51. The number of aryl methyl sites for hydroxylation is 1. The number of aromatic nitrogens is 2. The van der Waals surface area contributed by atoms with E-state index < -0.39 is 11.9 Å². The summed E-state index contributed by atoms with van der Waals surface area (Å²) in [6.07, 6.45) is 1.12. The highest BCUT2D eigenvalue weighted by atomic mass is 16.5.